The molecule has 2 aliphatic rings. The fourth-order valence-electron chi connectivity index (χ4n) is 3.79. The van der Waals surface area contributed by atoms with E-state index in [4.69, 9.17) is 5.73 Å². The van der Waals surface area contributed by atoms with Crippen molar-refractivity contribution in [3.63, 3.8) is 0 Å². The number of allylic oxidation sites excluding steroid dienone is 2. The predicted octanol–water partition coefficient (Wildman–Crippen LogP) is 3.26. The van der Waals surface area contributed by atoms with E-state index in [0.29, 0.717) is 12.1 Å². The van der Waals surface area contributed by atoms with Crippen LogP contribution >= 0.6 is 27.3 Å². The Morgan fingerprint density at radius 2 is 2.12 bits per heavy atom. The van der Waals surface area contributed by atoms with Gasteiger partial charge in [0, 0.05) is 39.7 Å². The first kappa shape index (κ1) is 17.7. The van der Waals surface area contributed by atoms with Crippen LogP contribution in [0.15, 0.2) is 38.8 Å². The smallest absolute Gasteiger partial charge is 0.192 e. The van der Waals surface area contributed by atoms with Crippen LogP contribution in [0.25, 0.3) is 0 Å². The largest absolute Gasteiger partial charge is 0.399 e. The molecule has 0 fully saturated rings. The lowest BCUT2D eigenvalue weighted by molar-refractivity contribution is 0.216. The minimum Gasteiger partial charge on any atom is -0.399 e. The molecule has 25 heavy (non-hydrogen) atoms. The number of rotatable bonds is 2. The summed E-state index contributed by atoms with van der Waals surface area (Å²) in [6.07, 6.45) is 2.03. The second kappa shape index (κ2) is 6.65. The molecule has 2 N–H and O–H groups in total. The van der Waals surface area contributed by atoms with Crippen LogP contribution in [0.3, 0.4) is 0 Å². The topological polar surface area (TPSA) is 101 Å². The fraction of sp³-hybridized carbons (Fsp3) is 0.389. The Hall–Kier alpha value is -2.11. The van der Waals surface area contributed by atoms with Crippen molar-refractivity contribution in [3.05, 3.63) is 43.7 Å². The van der Waals surface area contributed by atoms with E-state index in [1.54, 1.807) is 0 Å². The molecule has 1 aliphatic heterocycles. The summed E-state index contributed by atoms with van der Waals surface area (Å²) in [4.78, 5) is 3.18. The molecule has 1 aliphatic carbocycles. The second-order valence-corrected chi connectivity index (χ2v) is 8.05. The van der Waals surface area contributed by atoms with Gasteiger partial charge in [-0.05, 0) is 34.1 Å². The maximum Gasteiger partial charge on any atom is 0.192 e. The summed E-state index contributed by atoms with van der Waals surface area (Å²) in [6.45, 7) is 4.39. The highest BCUT2D eigenvalue weighted by Crippen LogP contribution is 2.55. The van der Waals surface area contributed by atoms with Crippen molar-refractivity contribution < 1.29 is 0 Å². The molecule has 0 aromatic carbocycles. The van der Waals surface area contributed by atoms with Crippen molar-refractivity contribution in [2.45, 2.75) is 12.8 Å². The number of hydrogen-bond acceptors (Lipinski definition) is 6. The summed E-state index contributed by atoms with van der Waals surface area (Å²) in [5.41, 5.74) is 5.98. The monoisotopic (exact) mass is 413 g/mol. The molecule has 1 aromatic rings. The third-order valence-electron chi connectivity index (χ3n) is 5.08. The third kappa shape index (κ3) is 2.58. The fourth-order valence-corrected chi connectivity index (χ4v) is 5.47. The van der Waals surface area contributed by atoms with Crippen molar-refractivity contribution in [1.29, 1.82) is 15.8 Å². The number of thiophene rings is 1. The molecule has 2 heterocycles. The molecule has 3 rings (SSSR count). The van der Waals surface area contributed by atoms with Gasteiger partial charge in [-0.15, -0.1) is 11.3 Å². The number of nitrogens with zero attached hydrogens (tertiary/aromatic N) is 4. The average molecular weight is 414 g/mol. The van der Waals surface area contributed by atoms with Crippen LogP contribution in [0.2, 0.25) is 0 Å². The van der Waals surface area contributed by atoms with Gasteiger partial charge in [-0.3, -0.25) is 4.90 Å². The van der Waals surface area contributed by atoms with Crippen LogP contribution in [-0.2, 0) is 0 Å². The molecule has 0 saturated carbocycles. The number of fused-ring (bicyclic) bond motifs is 1. The molecule has 0 radical (unpaired) electrons. The van der Waals surface area contributed by atoms with E-state index < -0.39 is 11.3 Å². The molecule has 0 spiro atoms. The summed E-state index contributed by atoms with van der Waals surface area (Å²) >= 11 is 4.97. The van der Waals surface area contributed by atoms with Gasteiger partial charge >= 0.3 is 0 Å². The SMILES string of the molecule is CCN1CC=C2C(C#N)=C(N)C(C#N)(C#N)C(c3cc(Br)cs3)C2C1. The average Bonchev–Trinajstić information content (AvgIpc) is 3.06. The normalized spacial score (nSPS) is 25.3. The summed E-state index contributed by atoms with van der Waals surface area (Å²) < 4.78 is 0.916. The molecule has 7 heteroatoms. The lowest BCUT2D eigenvalue weighted by Gasteiger charge is -2.44. The molecule has 2 atom stereocenters. The van der Waals surface area contributed by atoms with Crippen LogP contribution in [0.1, 0.15) is 17.7 Å². The minimum absolute atomic E-state index is 0.0852. The lowest BCUT2D eigenvalue weighted by atomic mass is 9.59. The molecule has 126 valence electrons. The van der Waals surface area contributed by atoms with Gasteiger partial charge in [0.1, 0.15) is 6.07 Å². The molecule has 0 amide bonds. The van der Waals surface area contributed by atoms with Crippen LogP contribution in [0.4, 0.5) is 0 Å². The minimum atomic E-state index is -1.53. The maximum atomic E-state index is 9.94. The van der Waals surface area contributed by atoms with Crippen molar-refractivity contribution in [2.24, 2.45) is 17.1 Å². The molecular weight excluding hydrogens is 398 g/mol. The van der Waals surface area contributed by atoms with Crippen LogP contribution in [-0.4, -0.2) is 24.5 Å². The molecule has 5 nitrogen and oxygen atoms in total. The Kier molecular flexibility index (Phi) is 4.71. The standard InChI is InChI=1S/C18H16BrN5S/c1-2-24-4-3-12-13(6-20)17(23)18(9-21,10-22)16(14(12)7-24)15-5-11(19)8-25-15/h3,5,8,14,16H,2,4,7,23H2,1H3. The number of hydrogen-bond donors (Lipinski definition) is 1. The van der Waals surface area contributed by atoms with Gasteiger partial charge in [0.05, 0.1) is 23.4 Å². The van der Waals surface area contributed by atoms with Gasteiger partial charge in [-0.25, -0.2) is 0 Å². The molecule has 1 aromatic heterocycles. The van der Waals surface area contributed by atoms with Gasteiger partial charge in [-0.2, -0.15) is 15.8 Å². The summed E-state index contributed by atoms with van der Waals surface area (Å²) in [5, 5.41) is 31.5. The Bertz CT molecular complexity index is 878. The molecular formula is C18H16BrN5S. The first-order chi connectivity index (χ1) is 12.0. The summed E-state index contributed by atoms with van der Waals surface area (Å²) in [6, 6.07) is 8.41. The highest BCUT2D eigenvalue weighted by molar-refractivity contribution is 9.10. The van der Waals surface area contributed by atoms with E-state index in [0.717, 1.165) is 28.0 Å². The number of nitrogens with two attached hydrogens (primary N) is 1. The summed E-state index contributed by atoms with van der Waals surface area (Å²) in [5.74, 6) is -0.503. The van der Waals surface area contributed by atoms with Gasteiger partial charge in [0.15, 0.2) is 5.41 Å². The van der Waals surface area contributed by atoms with Crippen LogP contribution in [0, 0.1) is 45.3 Å². The van der Waals surface area contributed by atoms with Crippen LogP contribution < -0.4 is 5.73 Å². The summed E-state index contributed by atoms with van der Waals surface area (Å²) in [7, 11) is 0. The van der Waals surface area contributed by atoms with E-state index in [1.165, 1.54) is 11.3 Å². The lowest BCUT2D eigenvalue weighted by Crippen LogP contribution is -2.47. The van der Waals surface area contributed by atoms with E-state index >= 15 is 0 Å². The van der Waals surface area contributed by atoms with Crippen molar-refractivity contribution in [3.8, 4) is 18.2 Å². The maximum absolute atomic E-state index is 9.94. The van der Waals surface area contributed by atoms with Gasteiger partial charge in [-0.1, -0.05) is 13.0 Å². The van der Waals surface area contributed by atoms with Crippen molar-refractivity contribution in [2.75, 3.05) is 19.6 Å². The van der Waals surface area contributed by atoms with E-state index in [-0.39, 0.29) is 11.6 Å². The van der Waals surface area contributed by atoms with Crippen molar-refractivity contribution in [1.82, 2.24) is 4.90 Å². The predicted molar refractivity (Wildman–Crippen MR) is 98.9 cm³/mol. The van der Waals surface area contributed by atoms with Gasteiger partial charge < -0.3 is 5.73 Å². The highest BCUT2D eigenvalue weighted by Gasteiger charge is 2.54. The van der Waals surface area contributed by atoms with E-state index in [1.807, 2.05) is 17.5 Å². The Morgan fingerprint density at radius 1 is 1.40 bits per heavy atom. The zero-order chi connectivity index (χ0) is 18.2. The number of halogens is 1. The number of nitriles is 3. The number of likely N-dealkylation sites (N-methyl/N-ethyl adjacent to an activating group) is 1. The second-order valence-electron chi connectivity index (χ2n) is 6.20. The molecule has 2 unspecified atom stereocenters. The van der Waals surface area contributed by atoms with Crippen molar-refractivity contribution >= 4 is 27.3 Å². The van der Waals surface area contributed by atoms with E-state index in [9.17, 15) is 15.8 Å². The van der Waals surface area contributed by atoms with Gasteiger partial charge in [0.25, 0.3) is 0 Å². The quantitative estimate of drug-likeness (QED) is 0.801. The Balaban J connectivity index is 2.30. The zero-order valence-corrected chi connectivity index (χ0v) is 16.1. The van der Waals surface area contributed by atoms with Crippen LogP contribution in [0.5, 0.6) is 0 Å². The first-order valence-electron chi connectivity index (χ1n) is 7.91. The molecule has 0 saturated heterocycles. The van der Waals surface area contributed by atoms with E-state index in [2.05, 4.69) is 46.0 Å². The zero-order valence-electron chi connectivity index (χ0n) is 13.7. The Labute approximate surface area is 159 Å². The third-order valence-corrected chi connectivity index (χ3v) is 6.86. The first-order valence-corrected chi connectivity index (χ1v) is 9.59. The van der Waals surface area contributed by atoms with Gasteiger partial charge in [0.2, 0.25) is 0 Å². The molecule has 0 bridgehead atoms. The highest BCUT2D eigenvalue weighted by atomic mass is 79.9. The Morgan fingerprint density at radius 3 is 2.64 bits per heavy atom.